The number of anilines is 1. The van der Waals surface area contributed by atoms with Crippen molar-refractivity contribution in [2.24, 2.45) is 0 Å². The van der Waals surface area contributed by atoms with E-state index in [2.05, 4.69) is 5.32 Å². The van der Waals surface area contributed by atoms with Gasteiger partial charge in [-0.25, -0.2) is 17.2 Å². The van der Waals surface area contributed by atoms with Crippen LogP contribution < -0.4 is 14.4 Å². The summed E-state index contributed by atoms with van der Waals surface area (Å²) < 4.78 is 57.2. The quantitative estimate of drug-likeness (QED) is 0.575. The number of sulfonamides is 1. The lowest BCUT2D eigenvalue weighted by Gasteiger charge is -2.22. The van der Waals surface area contributed by atoms with Crippen molar-refractivity contribution in [3.05, 3.63) is 59.2 Å². The summed E-state index contributed by atoms with van der Waals surface area (Å²) in [6.45, 7) is 4.49. The number of hydrogen-bond acceptors (Lipinski definition) is 4. The average molecular weight is 441 g/mol. The number of nitrogens with one attached hydrogen (secondary N) is 1. The van der Waals surface area contributed by atoms with E-state index in [0.29, 0.717) is 13.2 Å². The SMILES string of the molecule is Cc1ccc(C)c(OCCNC(=O)CCCN(c2ccc(F)c(F)c2)S(C)(=O)=O)c1. The highest BCUT2D eigenvalue weighted by molar-refractivity contribution is 7.92. The van der Waals surface area contributed by atoms with Crippen molar-refractivity contribution in [1.82, 2.24) is 5.32 Å². The van der Waals surface area contributed by atoms with E-state index in [1.54, 1.807) is 0 Å². The van der Waals surface area contributed by atoms with Crippen LogP contribution in [-0.4, -0.2) is 40.3 Å². The smallest absolute Gasteiger partial charge is 0.232 e. The highest BCUT2D eigenvalue weighted by Crippen LogP contribution is 2.21. The fraction of sp³-hybridized carbons (Fsp3) is 0.381. The van der Waals surface area contributed by atoms with Crippen LogP contribution in [0, 0.1) is 25.5 Å². The third-order valence-corrected chi connectivity index (χ3v) is 5.58. The molecule has 0 heterocycles. The standard InChI is InChI=1S/C21H26F2N2O4S/c1-15-6-7-16(2)20(13-15)29-12-10-24-21(26)5-4-11-25(30(3,27)28)17-8-9-18(22)19(23)14-17/h6-9,13-14H,4-5,10-12H2,1-3H3,(H,24,26). The Kier molecular flexibility index (Phi) is 8.16. The zero-order valence-corrected chi connectivity index (χ0v) is 18.1. The van der Waals surface area contributed by atoms with Crippen molar-refractivity contribution in [3.63, 3.8) is 0 Å². The molecule has 2 aromatic rings. The largest absolute Gasteiger partial charge is 0.491 e. The number of aryl methyl sites for hydroxylation is 2. The van der Waals surface area contributed by atoms with Crippen molar-refractivity contribution in [2.75, 3.05) is 30.3 Å². The van der Waals surface area contributed by atoms with Gasteiger partial charge in [0.05, 0.1) is 18.5 Å². The van der Waals surface area contributed by atoms with Crippen LogP contribution >= 0.6 is 0 Å². The lowest BCUT2D eigenvalue weighted by atomic mass is 10.1. The predicted octanol–water partition coefficient (Wildman–Crippen LogP) is 3.32. The molecule has 0 aliphatic rings. The number of ether oxygens (including phenoxy) is 1. The molecule has 0 radical (unpaired) electrons. The van der Waals surface area contributed by atoms with Crippen LogP contribution in [-0.2, 0) is 14.8 Å². The van der Waals surface area contributed by atoms with Gasteiger partial charge in [-0.15, -0.1) is 0 Å². The summed E-state index contributed by atoms with van der Waals surface area (Å²) >= 11 is 0. The lowest BCUT2D eigenvalue weighted by Crippen LogP contribution is -2.33. The summed E-state index contributed by atoms with van der Waals surface area (Å²) in [5, 5.41) is 2.71. The Morgan fingerprint density at radius 2 is 1.83 bits per heavy atom. The second-order valence-electron chi connectivity index (χ2n) is 7.00. The van der Waals surface area contributed by atoms with Crippen LogP contribution in [0.5, 0.6) is 5.75 Å². The molecule has 1 amide bonds. The summed E-state index contributed by atoms with van der Waals surface area (Å²) in [6.07, 6.45) is 1.27. The van der Waals surface area contributed by atoms with Crippen molar-refractivity contribution >= 4 is 21.6 Å². The molecule has 9 heteroatoms. The maximum atomic E-state index is 13.4. The summed E-state index contributed by atoms with van der Waals surface area (Å²) in [5.74, 6) is -1.68. The minimum atomic E-state index is -3.71. The molecule has 2 aromatic carbocycles. The van der Waals surface area contributed by atoms with Gasteiger partial charge in [0, 0.05) is 19.0 Å². The second-order valence-corrected chi connectivity index (χ2v) is 8.91. The van der Waals surface area contributed by atoms with Crippen LogP contribution in [0.2, 0.25) is 0 Å². The van der Waals surface area contributed by atoms with Crippen LogP contribution in [0.1, 0.15) is 24.0 Å². The Bertz CT molecular complexity index is 996. The van der Waals surface area contributed by atoms with Crippen LogP contribution in [0.15, 0.2) is 36.4 Å². The van der Waals surface area contributed by atoms with Gasteiger partial charge in [-0.2, -0.15) is 0 Å². The highest BCUT2D eigenvalue weighted by Gasteiger charge is 2.19. The van der Waals surface area contributed by atoms with E-state index in [4.69, 9.17) is 4.74 Å². The van der Waals surface area contributed by atoms with Crippen LogP contribution in [0.3, 0.4) is 0 Å². The van der Waals surface area contributed by atoms with Gasteiger partial charge in [0.15, 0.2) is 11.6 Å². The number of halogens is 2. The third kappa shape index (κ3) is 6.98. The third-order valence-electron chi connectivity index (χ3n) is 4.38. The molecule has 0 bridgehead atoms. The molecule has 0 spiro atoms. The lowest BCUT2D eigenvalue weighted by molar-refractivity contribution is -0.121. The number of amides is 1. The summed E-state index contributed by atoms with van der Waals surface area (Å²) in [5.41, 5.74) is 2.10. The van der Waals surface area contributed by atoms with E-state index >= 15 is 0 Å². The Morgan fingerprint density at radius 1 is 1.10 bits per heavy atom. The number of rotatable bonds is 10. The van der Waals surface area contributed by atoms with Gasteiger partial charge in [-0.3, -0.25) is 9.10 Å². The van der Waals surface area contributed by atoms with Crippen molar-refractivity contribution in [3.8, 4) is 5.75 Å². The molecule has 0 saturated carbocycles. The molecule has 0 atom stereocenters. The maximum absolute atomic E-state index is 13.4. The Hall–Kier alpha value is -2.68. The van der Waals surface area contributed by atoms with Crippen molar-refractivity contribution < 1.29 is 26.7 Å². The van der Waals surface area contributed by atoms with Crippen molar-refractivity contribution in [2.45, 2.75) is 26.7 Å². The number of carbonyl (C=O) groups is 1. The van der Waals surface area contributed by atoms with E-state index in [1.807, 2.05) is 32.0 Å². The zero-order valence-electron chi connectivity index (χ0n) is 17.2. The van der Waals surface area contributed by atoms with Gasteiger partial charge in [-0.1, -0.05) is 12.1 Å². The monoisotopic (exact) mass is 440 g/mol. The first kappa shape index (κ1) is 23.6. The van der Waals surface area contributed by atoms with Gasteiger partial charge in [0.2, 0.25) is 15.9 Å². The van der Waals surface area contributed by atoms with Crippen LogP contribution in [0.25, 0.3) is 0 Å². The van der Waals surface area contributed by atoms with E-state index < -0.39 is 21.7 Å². The molecule has 2 rings (SSSR count). The average Bonchev–Trinajstić information content (AvgIpc) is 2.66. The Balaban J connectivity index is 1.80. The van der Waals surface area contributed by atoms with Crippen LogP contribution in [0.4, 0.5) is 14.5 Å². The van der Waals surface area contributed by atoms with E-state index in [9.17, 15) is 22.0 Å². The van der Waals surface area contributed by atoms with Gasteiger partial charge in [-0.05, 0) is 49.6 Å². The number of carbonyl (C=O) groups excluding carboxylic acids is 1. The maximum Gasteiger partial charge on any atom is 0.232 e. The summed E-state index contributed by atoms with van der Waals surface area (Å²) in [7, 11) is -3.71. The molecular formula is C21H26F2N2O4S. The molecule has 0 aliphatic carbocycles. The first-order chi connectivity index (χ1) is 14.1. The van der Waals surface area contributed by atoms with Gasteiger partial charge in [0.25, 0.3) is 0 Å². The minimum Gasteiger partial charge on any atom is -0.491 e. The fourth-order valence-electron chi connectivity index (χ4n) is 2.81. The van der Waals surface area contributed by atoms with E-state index in [-0.39, 0.29) is 31.0 Å². The highest BCUT2D eigenvalue weighted by atomic mass is 32.2. The molecule has 1 N–H and O–H groups in total. The minimum absolute atomic E-state index is 0.0127. The molecule has 0 saturated heterocycles. The number of nitrogens with zero attached hydrogens (tertiary/aromatic N) is 1. The first-order valence-electron chi connectivity index (χ1n) is 9.47. The van der Waals surface area contributed by atoms with Gasteiger partial charge >= 0.3 is 0 Å². The van der Waals surface area contributed by atoms with Crippen molar-refractivity contribution in [1.29, 1.82) is 0 Å². The fourth-order valence-corrected chi connectivity index (χ4v) is 3.77. The molecule has 0 aromatic heterocycles. The number of benzene rings is 2. The predicted molar refractivity (Wildman–Crippen MR) is 112 cm³/mol. The zero-order chi connectivity index (χ0) is 22.3. The molecular weight excluding hydrogens is 414 g/mol. The molecule has 30 heavy (non-hydrogen) atoms. The summed E-state index contributed by atoms with van der Waals surface area (Å²) in [4.78, 5) is 12.0. The topological polar surface area (TPSA) is 75.7 Å². The molecule has 6 nitrogen and oxygen atoms in total. The van der Waals surface area contributed by atoms with Gasteiger partial charge in [0.1, 0.15) is 12.4 Å². The molecule has 0 fully saturated rings. The summed E-state index contributed by atoms with van der Waals surface area (Å²) in [6, 6.07) is 8.75. The first-order valence-corrected chi connectivity index (χ1v) is 11.3. The number of hydrogen-bond donors (Lipinski definition) is 1. The van der Waals surface area contributed by atoms with Gasteiger partial charge < -0.3 is 10.1 Å². The molecule has 164 valence electrons. The normalized spacial score (nSPS) is 11.2. The second kappa shape index (κ2) is 10.4. The van der Waals surface area contributed by atoms with E-state index in [0.717, 1.165) is 39.6 Å². The Labute approximate surface area is 175 Å². The molecule has 0 unspecified atom stereocenters. The Morgan fingerprint density at radius 3 is 2.50 bits per heavy atom. The van der Waals surface area contributed by atoms with E-state index in [1.165, 1.54) is 6.07 Å². The molecule has 0 aliphatic heterocycles.